The monoisotopic (exact) mass is 395 g/mol. The summed E-state index contributed by atoms with van der Waals surface area (Å²) in [6.45, 7) is 3.30. The van der Waals surface area contributed by atoms with E-state index in [-0.39, 0.29) is 17.5 Å². The first-order valence-corrected chi connectivity index (χ1v) is 8.83. The molecule has 0 atom stereocenters. The van der Waals surface area contributed by atoms with E-state index in [4.69, 9.17) is 11.6 Å². The van der Waals surface area contributed by atoms with Crippen LogP contribution in [-0.2, 0) is 4.79 Å². The number of carbonyl (C=O) groups is 2. The molecule has 0 unspecified atom stereocenters. The van der Waals surface area contributed by atoms with Crippen molar-refractivity contribution in [3.8, 4) is 0 Å². The molecule has 7 nitrogen and oxygen atoms in total. The maximum Gasteiger partial charge on any atom is 0.274 e. The number of benzene rings is 2. The molecule has 0 bridgehead atoms. The fraction of sp³-hybridized carbons (Fsp3) is 0.100. The van der Waals surface area contributed by atoms with Crippen molar-refractivity contribution in [2.24, 2.45) is 0 Å². The number of anilines is 4. The van der Waals surface area contributed by atoms with Gasteiger partial charge < -0.3 is 16.0 Å². The predicted octanol–water partition coefficient (Wildman–Crippen LogP) is 4.39. The molecule has 0 fully saturated rings. The van der Waals surface area contributed by atoms with Crippen molar-refractivity contribution in [1.29, 1.82) is 0 Å². The van der Waals surface area contributed by atoms with Gasteiger partial charge in [0, 0.05) is 35.1 Å². The Kier molecular flexibility index (Phi) is 5.86. The summed E-state index contributed by atoms with van der Waals surface area (Å²) in [4.78, 5) is 31.9. The highest BCUT2D eigenvalue weighted by molar-refractivity contribution is 6.30. The molecule has 3 N–H and O–H groups in total. The van der Waals surface area contributed by atoms with E-state index in [2.05, 4.69) is 25.9 Å². The number of nitrogens with zero attached hydrogens (tertiary/aromatic N) is 2. The lowest BCUT2D eigenvalue weighted by atomic mass is 10.2. The normalized spacial score (nSPS) is 10.2. The molecule has 142 valence electrons. The molecule has 0 radical (unpaired) electrons. The van der Waals surface area contributed by atoms with Crippen LogP contribution in [0.25, 0.3) is 0 Å². The summed E-state index contributed by atoms with van der Waals surface area (Å²) in [5, 5.41) is 9.22. The van der Waals surface area contributed by atoms with Gasteiger partial charge in [-0.2, -0.15) is 0 Å². The topological polar surface area (TPSA) is 96.0 Å². The van der Waals surface area contributed by atoms with Gasteiger partial charge in [-0.05, 0) is 48.9 Å². The first kappa shape index (κ1) is 19.3. The Morgan fingerprint density at radius 1 is 0.964 bits per heavy atom. The Hall–Kier alpha value is -3.45. The van der Waals surface area contributed by atoms with E-state index in [1.165, 1.54) is 13.3 Å². The number of rotatable bonds is 5. The third-order valence-corrected chi connectivity index (χ3v) is 4.03. The number of halogens is 1. The highest BCUT2D eigenvalue weighted by Gasteiger charge is 2.11. The van der Waals surface area contributed by atoms with Crippen LogP contribution < -0.4 is 16.0 Å². The van der Waals surface area contributed by atoms with Crippen LogP contribution in [0.2, 0.25) is 5.02 Å². The van der Waals surface area contributed by atoms with Crippen LogP contribution in [0.1, 0.15) is 23.0 Å². The van der Waals surface area contributed by atoms with Gasteiger partial charge in [0.15, 0.2) is 0 Å². The van der Waals surface area contributed by atoms with Crippen LogP contribution >= 0.6 is 11.6 Å². The summed E-state index contributed by atoms with van der Waals surface area (Å²) in [7, 11) is 0. The molecule has 0 saturated carbocycles. The zero-order chi connectivity index (χ0) is 20.1. The van der Waals surface area contributed by atoms with Crippen LogP contribution in [0, 0.1) is 6.92 Å². The second kappa shape index (κ2) is 8.49. The van der Waals surface area contributed by atoms with Crippen LogP contribution in [0.15, 0.2) is 54.9 Å². The second-order valence-corrected chi connectivity index (χ2v) is 6.53. The third-order valence-electron chi connectivity index (χ3n) is 3.79. The molecule has 2 amide bonds. The van der Waals surface area contributed by atoms with Crippen molar-refractivity contribution in [3.63, 3.8) is 0 Å². The molecule has 8 heteroatoms. The van der Waals surface area contributed by atoms with E-state index in [1.54, 1.807) is 42.5 Å². The Labute approximate surface area is 167 Å². The molecule has 28 heavy (non-hydrogen) atoms. The van der Waals surface area contributed by atoms with Crippen molar-refractivity contribution < 1.29 is 9.59 Å². The molecule has 0 spiro atoms. The van der Waals surface area contributed by atoms with Crippen molar-refractivity contribution in [2.45, 2.75) is 13.8 Å². The Morgan fingerprint density at radius 3 is 2.50 bits per heavy atom. The molecule has 0 aliphatic carbocycles. The lowest BCUT2D eigenvalue weighted by Gasteiger charge is -2.10. The van der Waals surface area contributed by atoms with Crippen LogP contribution in [0.3, 0.4) is 0 Å². The Morgan fingerprint density at radius 2 is 1.75 bits per heavy atom. The standard InChI is InChI=1S/C20H18ClN5O2/c1-12-8-14(21)6-7-17(12)26-20(28)18-10-19(23-11-22-18)25-16-5-3-4-15(9-16)24-13(2)27/h3-11H,1-2H3,(H,24,27)(H,26,28)(H,22,23,25). The summed E-state index contributed by atoms with van der Waals surface area (Å²) in [6.07, 6.45) is 1.31. The van der Waals surface area contributed by atoms with Gasteiger partial charge in [-0.1, -0.05) is 17.7 Å². The van der Waals surface area contributed by atoms with Crippen molar-refractivity contribution in [3.05, 3.63) is 71.1 Å². The largest absolute Gasteiger partial charge is 0.340 e. The molecule has 3 aromatic rings. The fourth-order valence-electron chi connectivity index (χ4n) is 2.53. The molecule has 3 rings (SSSR count). The van der Waals surface area contributed by atoms with Crippen LogP contribution in [0.4, 0.5) is 22.9 Å². The Balaban J connectivity index is 1.75. The van der Waals surface area contributed by atoms with Gasteiger partial charge in [0.25, 0.3) is 5.91 Å². The summed E-state index contributed by atoms with van der Waals surface area (Å²) in [6, 6.07) is 13.9. The van der Waals surface area contributed by atoms with Crippen molar-refractivity contribution >= 4 is 46.3 Å². The quantitative estimate of drug-likeness (QED) is 0.595. The minimum absolute atomic E-state index is 0.157. The van der Waals surface area contributed by atoms with E-state index >= 15 is 0 Å². The van der Waals surface area contributed by atoms with Crippen molar-refractivity contribution in [2.75, 3.05) is 16.0 Å². The minimum atomic E-state index is -0.358. The van der Waals surface area contributed by atoms with Gasteiger partial charge in [0.2, 0.25) is 5.91 Å². The maximum absolute atomic E-state index is 12.5. The number of hydrogen-bond acceptors (Lipinski definition) is 5. The first-order chi connectivity index (χ1) is 13.4. The van der Waals surface area contributed by atoms with E-state index < -0.39 is 0 Å². The minimum Gasteiger partial charge on any atom is -0.340 e. The number of carbonyl (C=O) groups excluding carboxylic acids is 2. The first-order valence-electron chi connectivity index (χ1n) is 8.45. The number of nitrogens with one attached hydrogen (secondary N) is 3. The predicted molar refractivity (Wildman–Crippen MR) is 110 cm³/mol. The van der Waals surface area contributed by atoms with Gasteiger partial charge in [-0.15, -0.1) is 0 Å². The molecule has 0 aliphatic rings. The number of aryl methyl sites for hydroxylation is 1. The van der Waals surface area contributed by atoms with E-state index in [0.29, 0.717) is 27.9 Å². The molecule has 2 aromatic carbocycles. The fourth-order valence-corrected chi connectivity index (χ4v) is 2.76. The van der Waals surface area contributed by atoms with Crippen LogP contribution in [-0.4, -0.2) is 21.8 Å². The lowest BCUT2D eigenvalue weighted by Crippen LogP contribution is -2.15. The lowest BCUT2D eigenvalue weighted by molar-refractivity contribution is -0.114. The highest BCUT2D eigenvalue weighted by Crippen LogP contribution is 2.21. The van der Waals surface area contributed by atoms with Crippen molar-refractivity contribution in [1.82, 2.24) is 9.97 Å². The number of aromatic nitrogens is 2. The van der Waals surface area contributed by atoms with Gasteiger partial charge in [-0.25, -0.2) is 9.97 Å². The summed E-state index contributed by atoms with van der Waals surface area (Å²) in [5.74, 6) is -0.0635. The third kappa shape index (κ3) is 5.05. The summed E-state index contributed by atoms with van der Waals surface area (Å²) in [5.41, 5.74) is 3.09. The van der Waals surface area contributed by atoms with E-state index in [0.717, 1.165) is 5.56 Å². The zero-order valence-electron chi connectivity index (χ0n) is 15.3. The van der Waals surface area contributed by atoms with Gasteiger partial charge in [0.1, 0.15) is 17.8 Å². The maximum atomic E-state index is 12.5. The van der Waals surface area contributed by atoms with E-state index in [9.17, 15) is 9.59 Å². The smallest absolute Gasteiger partial charge is 0.274 e. The second-order valence-electron chi connectivity index (χ2n) is 6.09. The zero-order valence-corrected chi connectivity index (χ0v) is 16.0. The molecule has 1 heterocycles. The molecule has 0 aliphatic heterocycles. The molecular formula is C20H18ClN5O2. The van der Waals surface area contributed by atoms with Crippen LogP contribution in [0.5, 0.6) is 0 Å². The number of hydrogen-bond donors (Lipinski definition) is 3. The SMILES string of the molecule is CC(=O)Nc1cccc(Nc2cc(C(=O)Nc3ccc(Cl)cc3C)ncn2)c1. The van der Waals surface area contributed by atoms with E-state index in [1.807, 2.05) is 13.0 Å². The molecular weight excluding hydrogens is 378 g/mol. The Bertz CT molecular complexity index is 1040. The highest BCUT2D eigenvalue weighted by atomic mass is 35.5. The summed E-state index contributed by atoms with van der Waals surface area (Å²) < 4.78 is 0. The van der Waals surface area contributed by atoms with Gasteiger partial charge >= 0.3 is 0 Å². The number of amides is 2. The summed E-state index contributed by atoms with van der Waals surface area (Å²) >= 11 is 5.94. The molecule has 0 saturated heterocycles. The molecule has 1 aromatic heterocycles. The van der Waals surface area contributed by atoms with Gasteiger partial charge in [0.05, 0.1) is 0 Å². The average molecular weight is 396 g/mol. The van der Waals surface area contributed by atoms with Gasteiger partial charge in [-0.3, -0.25) is 9.59 Å². The average Bonchev–Trinajstić information content (AvgIpc) is 2.64.